The van der Waals surface area contributed by atoms with E-state index in [-0.39, 0.29) is 5.69 Å². The van der Waals surface area contributed by atoms with Crippen molar-refractivity contribution in [3.63, 3.8) is 0 Å². The second-order valence-electron chi connectivity index (χ2n) is 3.20. The summed E-state index contributed by atoms with van der Waals surface area (Å²) in [6.45, 7) is 0. The molecule has 0 radical (unpaired) electrons. The molecule has 1 heterocycles. The number of benzene rings is 1. The van der Waals surface area contributed by atoms with Gasteiger partial charge < -0.3 is 4.74 Å². The average molecular weight is 212 g/mol. The molecule has 0 N–H and O–H groups in total. The molecular weight excluding hydrogens is 204 g/mol. The highest BCUT2D eigenvalue weighted by Gasteiger charge is 2.11. The van der Waals surface area contributed by atoms with Crippen LogP contribution in [0.3, 0.4) is 0 Å². The first-order valence-corrected chi connectivity index (χ1v) is 4.63. The molecule has 0 atom stereocenters. The quantitative estimate of drug-likeness (QED) is 0.677. The number of methoxy groups -OCH3 is 1. The minimum Gasteiger partial charge on any atom is -0.464 e. The molecule has 0 aliphatic heterocycles. The molecule has 1 aromatic heterocycles. The summed E-state index contributed by atoms with van der Waals surface area (Å²) in [4.78, 5) is 15.4. The van der Waals surface area contributed by atoms with Crippen LogP contribution in [0.5, 0.6) is 0 Å². The van der Waals surface area contributed by atoms with Crippen LogP contribution in [0.1, 0.15) is 16.1 Å². The fraction of sp³-hybridized carbons (Fsp3) is 0.0833. The number of fused-ring (bicyclic) bond motifs is 1. The van der Waals surface area contributed by atoms with Crippen LogP contribution in [-0.2, 0) is 4.74 Å². The highest BCUT2D eigenvalue weighted by atomic mass is 16.5. The summed E-state index contributed by atoms with van der Waals surface area (Å²) in [5, 5.41) is 10.3. The Hall–Kier alpha value is -2.41. The van der Waals surface area contributed by atoms with Crippen LogP contribution in [0, 0.1) is 11.3 Å². The summed E-state index contributed by atoms with van der Waals surface area (Å²) in [5.41, 5.74) is 0.819. The second-order valence-corrected chi connectivity index (χ2v) is 3.20. The smallest absolute Gasteiger partial charge is 0.357 e. The second kappa shape index (κ2) is 3.99. The Balaban J connectivity index is 2.70. The molecule has 0 fully saturated rings. The van der Waals surface area contributed by atoms with Crippen molar-refractivity contribution in [3.05, 3.63) is 41.7 Å². The topological polar surface area (TPSA) is 63.0 Å². The molecule has 0 bridgehead atoms. The highest BCUT2D eigenvalue weighted by Crippen LogP contribution is 2.18. The lowest BCUT2D eigenvalue weighted by molar-refractivity contribution is 0.0596. The fourth-order valence-electron chi connectivity index (χ4n) is 1.51. The van der Waals surface area contributed by atoms with Gasteiger partial charge in [-0.1, -0.05) is 6.07 Å². The highest BCUT2D eigenvalue weighted by molar-refractivity contribution is 6.02. The Bertz CT molecular complexity index is 599. The maximum absolute atomic E-state index is 11.4. The molecule has 78 valence electrons. The normalized spacial score (nSPS) is 9.75. The first kappa shape index (κ1) is 10.1. The van der Waals surface area contributed by atoms with E-state index < -0.39 is 5.97 Å². The lowest BCUT2D eigenvalue weighted by Gasteiger charge is -2.03. The molecule has 2 aromatic rings. The summed E-state index contributed by atoms with van der Waals surface area (Å²) in [6.07, 6.45) is 1.52. The Morgan fingerprint density at radius 3 is 2.94 bits per heavy atom. The largest absolute Gasteiger partial charge is 0.464 e. The van der Waals surface area contributed by atoms with Crippen molar-refractivity contribution in [2.45, 2.75) is 0 Å². The van der Waals surface area contributed by atoms with E-state index in [1.807, 2.05) is 6.07 Å². The van der Waals surface area contributed by atoms with Crippen molar-refractivity contribution in [2.24, 2.45) is 0 Å². The van der Waals surface area contributed by atoms with Gasteiger partial charge in [0.15, 0.2) is 5.69 Å². The van der Waals surface area contributed by atoms with Crippen molar-refractivity contribution in [1.82, 2.24) is 4.98 Å². The van der Waals surface area contributed by atoms with Gasteiger partial charge in [-0.2, -0.15) is 5.26 Å². The minimum absolute atomic E-state index is 0.268. The van der Waals surface area contributed by atoms with Crippen molar-refractivity contribution in [2.75, 3.05) is 7.11 Å². The van der Waals surface area contributed by atoms with E-state index in [4.69, 9.17) is 5.26 Å². The van der Waals surface area contributed by atoms with Gasteiger partial charge in [0.25, 0.3) is 0 Å². The zero-order chi connectivity index (χ0) is 11.5. The van der Waals surface area contributed by atoms with Gasteiger partial charge in [0.05, 0.1) is 18.7 Å². The molecule has 2 rings (SSSR count). The van der Waals surface area contributed by atoms with Crippen LogP contribution in [0.4, 0.5) is 0 Å². The van der Waals surface area contributed by atoms with E-state index in [9.17, 15) is 4.79 Å². The van der Waals surface area contributed by atoms with Crippen LogP contribution in [0.15, 0.2) is 30.5 Å². The number of hydrogen-bond acceptors (Lipinski definition) is 4. The first-order valence-electron chi connectivity index (χ1n) is 4.63. The first-order chi connectivity index (χ1) is 7.76. The number of nitrogens with zero attached hydrogens (tertiary/aromatic N) is 2. The zero-order valence-electron chi connectivity index (χ0n) is 8.60. The number of ether oxygens (including phenoxy) is 1. The number of carbonyl (C=O) groups excluding carboxylic acids is 1. The summed E-state index contributed by atoms with van der Waals surface area (Å²) in [6, 6.07) is 8.86. The molecule has 0 aliphatic carbocycles. The summed E-state index contributed by atoms with van der Waals surface area (Å²) in [7, 11) is 1.31. The standard InChI is InChI=1S/C12H8N2O2/c1-16-12(15)11-10-3-2-8(7-13)6-9(10)4-5-14-11/h2-6H,1H3. The SMILES string of the molecule is COC(=O)c1nccc2cc(C#N)ccc12. The molecule has 4 heteroatoms. The van der Waals surface area contributed by atoms with Crippen LogP contribution >= 0.6 is 0 Å². The number of carbonyl (C=O) groups is 1. The number of aromatic nitrogens is 1. The third-order valence-corrected chi connectivity index (χ3v) is 2.27. The molecule has 4 nitrogen and oxygen atoms in total. The Morgan fingerprint density at radius 1 is 1.44 bits per heavy atom. The summed E-state index contributed by atoms with van der Waals surface area (Å²) >= 11 is 0. The number of nitriles is 1. The maximum atomic E-state index is 11.4. The Morgan fingerprint density at radius 2 is 2.25 bits per heavy atom. The molecule has 1 aromatic carbocycles. The van der Waals surface area contributed by atoms with Crippen LogP contribution in [0.2, 0.25) is 0 Å². The van der Waals surface area contributed by atoms with E-state index in [0.29, 0.717) is 10.9 Å². The number of esters is 1. The molecule has 0 saturated heterocycles. The van der Waals surface area contributed by atoms with Crippen LogP contribution < -0.4 is 0 Å². The van der Waals surface area contributed by atoms with Gasteiger partial charge in [0.1, 0.15) is 0 Å². The van der Waals surface area contributed by atoms with Crippen molar-refractivity contribution < 1.29 is 9.53 Å². The van der Waals surface area contributed by atoms with Crippen molar-refractivity contribution >= 4 is 16.7 Å². The van der Waals surface area contributed by atoms with E-state index >= 15 is 0 Å². The molecule has 0 aliphatic rings. The number of rotatable bonds is 1. The van der Waals surface area contributed by atoms with Gasteiger partial charge in [0, 0.05) is 11.6 Å². The molecule has 0 saturated carbocycles. The van der Waals surface area contributed by atoms with Crippen molar-refractivity contribution in [1.29, 1.82) is 5.26 Å². The minimum atomic E-state index is -0.477. The maximum Gasteiger partial charge on any atom is 0.357 e. The van der Waals surface area contributed by atoms with Gasteiger partial charge in [-0.05, 0) is 23.6 Å². The lowest BCUT2D eigenvalue weighted by Crippen LogP contribution is -2.04. The van der Waals surface area contributed by atoms with E-state index in [1.165, 1.54) is 13.3 Å². The van der Waals surface area contributed by atoms with E-state index in [2.05, 4.69) is 9.72 Å². The molecule has 0 amide bonds. The molecular formula is C12H8N2O2. The van der Waals surface area contributed by atoms with Crippen molar-refractivity contribution in [3.8, 4) is 6.07 Å². The molecule has 0 unspecified atom stereocenters. The van der Waals surface area contributed by atoms with Gasteiger partial charge in [-0.25, -0.2) is 9.78 Å². The van der Waals surface area contributed by atoms with Crippen LogP contribution in [0.25, 0.3) is 10.8 Å². The van der Waals surface area contributed by atoms with E-state index in [0.717, 1.165) is 5.39 Å². The Labute approximate surface area is 92.1 Å². The molecule has 0 spiro atoms. The van der Waals surface area contributed by atoms with Gasteiger partial charge in [0.2, 0.25) is 0 Å². The third-order valence-electron chi connectivity index (χ3n) is 2.27. The predicted octanol–water partition coefficient (Wildman–Crippen LogP) is 1.89. The monoisotopic (exact) mass is 212 g/mol. The average Bonchev–Trinajstić information content (AvgIpc) is 2.36. The lowest BCUT2D eigenvalue weighted by atomic mass is 10.1. The van der Waals surface area contributed by atoms with Gasteiger partial charge in [-0.15, -0.1) is 0 Å². The summed E-state index contributed by atoms with van der Waals surface area (Å²) < 4.78 is 4.63. The van der Waals surface area contributed by atoms with Gasteiger partial charge in [-0.3, -0.25) is 0 Å². The fourth-order valence-corrected chi connectivity index (χ4v) is 1.51. The Kier molecular flexibility index (Phi) is 2.52. The number of hydrogen-bond donors (Lipinski definition) is 0. The van der Waals surface area contributed by atoms with Crippen LogP contribution in [-0.4, -0.2) is 18.1 Å². The number of pyridine rings is 1. The summed E-state index contributed by atoms with van der Waals surface area (Å²) in [5.74, 6) is -0.477. The predicted molar refractivity (Wildman–Crippen MR) is 57.8 cm³/mol. The third kappa shape index (κ3) is 1.59. The van der Waals surface area contributed by atoms with Gasteiger partial charge >= 0.3 is 5.97 Å². The zero-order valence-corrected chi connectivity index (χ0v) is 8.60. The molecule has 16 heavy (non-hydrogen) atoms. The van der Waals surface area contributed by atoms with E-state index in [1.54, 1.807) is 24.3 Å².